The van der Waals surface area contributed by atoms with Gasteiger partial charge in [-0.05, 0) is 73.4 Å². The van der Waals surface area contributed by atoms with E-state index in [2.05, 4.69) is 5.32 Å². The van der Waals surface area contributed by atoms with Crippen molar-refractivity contribution < 1.29 is 14.4 Å². The number of carbonyl (C=O) groups is 3. The number of hydrogen-bond acceptors (Lipinski definition) is 4. The molecule has 3 N–H and O–H groups in total. The molecule has 1 heterocycles. The number of ketones is 1. The molecule has 1 unspecified atom stereocenters. The summed E-state index contributed by atoms with van der Waals surface area (Å²) in [5, 5.41) is 4.24. The number of nitrogens with one attached hydrogen (secondary N) is 1. The molecule has 204 valence electrons. The number of amides is 2. The summed E-state index contributed by atoms with van der Waals surface area (Å²) in [7, 11) is 0. The van der Waals surface area contributed by atoms with Gasteiger partial charge in [-0.25, -0.2) is 0 Å². The molecule has 2 aromatic carbocycles. The zero-order valence-electron chi connectivity index (χ0n) is 20.6. The smallest absolute Gasteiger partial charge is 0.245 e. The Kier molecular flexibility index (Phi) is 12.6. The third-order valence-electron chi connectivity index (χ3n) is 5.81. The lowest BCUT2D eigenvalue weighted by Gasteiger charge is -2.33. The van der Waals surface area contributed by atoms with Crippen molar-refractivity contribution in [1.82, 2.24) is 10.2 Å². The van der Waals surface area contributed by atoms with Crippen molar-refractivity contribution >= 4 is 88.6 Å². The van der Waals surface area contributed by atoms with E-state index in [0.29, 0.717) is 61.8 Å². The molecule has 0 bridgehead atoms. The number of piperidine rings is 1. The summed E-state index contributed by atoms with van der Waals surface area (Å²) in [5.41, 5.74) is 7.73. The average Bonchev–Trinajstić information content (AvgIpc) is 2.85. The highest BCUT2D eigenvalue weighted by atomic mass is 35.5. The van der Waals surface area contributed by atoms with Crippen molar-refractivity contribution in [2.24, 2.45) is 5.73 Å². The standard InChI is InChI=1S/C27H27Cl4N3O3.ClH/c1-16(35)33-25(4-2-3-9-32)27(37)34-14-19(10-17-5-7-21(28)23(30)12-17)26(36)20(15-34)11-18-6-8-22(29)24(31)13-18;/h5-8,10-13,25H,2-4,9,14-15,32H2,1H3,(H,33,35);1H/b19-10+,20-11+;. The van der Waals surface area contributed by atoms with Gasteiger partial charge in [0.1, 0.15) is 6.04 Å². The normalized spacial score (nSPS) is 16.4. The van der Waals surface area contributed by atoms with Gasteiger partial charge in [0.05, 0.1) is 20.1 Å². The summed E-state index contributed by atoms with van der Waals surface area (Å²) in [6, 6.07) is 9.34. The number of Topliss-reactive ketones (excluding diaryl/α,β-unsaturated/α-hetero) is 1. The third-order valence-corrected chi connectivity index (χ3v) is 7.29. The van der Waals surface area contributed by atoms with Crippen LogP contribution in [0, 0.1) is 0 Å². The molecule has 1 fully saturated rings. The van der Waals surface area contributed by atoms with Crippen LogP contribution in [0.15, 0.2) is 47.5 Å². The Balaban J connectivity index is 0.00000507. The number of hydrogen-bond donors (Lipinski definition) is 2. The topological polar surface area (TPSA) is 92.5 Å². The summed E-state index contributed by atoms with van der Waals surface area (Å²) in [5.74, 6) is -0.794. The molecule has 2 amide bonds. The molecule has 0 saturated carbocycles. The Morgan fingerprint density at radius 2 is 1.42 bits per heavy atom. The largest absolute Gasteiger partial charge is 0.345 e. The predicted octanol–water partition coefficient (Wildman–Crippen LogP) is 6.23. The first-order valence-corrected chi connectivity index (χ1v) is 13.2. The van der Waals surface area contributed by atoms with Crippen LogP contribution in [-0.2, 0) is 14.4 Å². The van der Waals surface area contributed by atoms with E-state index in [0.717, 1.165) is 6.42 Å². The number of nitrogens with two attached hydrogens (primary N) is 1. The Morgan fingerprint density at radius 3 is 1.84 bits per heavy atom. The first-order chi connectivity index (χ1) is 17.6. The fourth-order valence-electron chi connectivity index (χ4n) is 4.02. The number of unbranched alkanes of at least 4 members (excludes halogenated alkanes) is 1. The number of nitrogens with zero attached hydrogens (tertiary/aromatic N) is 1. The molecule has 3 rings (SSSR count). The molecule has 11 heteroatoms. The Morgan fingerprint density at radius 1 is 0.921 bits per heavy atom. The van der Waals surface area contributed by atoms with Gasteiger partial charge in [-0.1, -0.05) is 58.5 Å². The van der Waals surface area contributed by atoms with Crippen molar-refractivity contribution in [1.29, 1.82) is 0 Å². The molecule has 38 heavy (non-hydrogen) atoms. The molecule has 1 aliphatic rings. The van der Waals surface area contributed by atoms with Crippen molar-refractivity contribution in [3.8, 4) is 0 Å². The number of halogens is 5. The molecule has 6 nitrogen and oxygen atoms in total. The molecule has 1 saturated heterocycles. The number of carbonyl (C=O) groups excluding carboxylic acids is 3. The molecule has 0 radical (unpaired) electrons. The molecule has 1 aliphatic heterocycles. The maximum Gasteiger partial charge on any atom is 0.245 e. The van der Waals surface area contributed by atoms with Gasteiger partial charge in [0.25, 0.3) is 0 Å². The lowest BCUT2D eigenvalue weighted by molar-refractivity contribution is -0.136. The van der Waals surface area contributed by atoms with Crippen LogP contribution in [0.3, 0.4) is 0 Å². The fourth-order valence-corrected chi connectivity index (χ4v) is 4.63. The number of likely N-dealkylation sites (tertiary alicyclic amines) is 1. The van der Waals surface area contributed by atoms with Gasteiger partial charge in [0.2, 0.25) is 11.8 Å². The quantitative estimate of drug-likeness (QED) is 0.271. The molecule has 2 aromatic rings. The second-order valence-electron chi connectivity index (χ2n) is 8.75. The van der Waals surface area contributed by atoms with Gasteiger partial charge in [0, 0.05) is 31.2 Å². The molecule has 0 aromatic heterocycles. The minimum absolute atomic E-state index is 0. The minimum atomic E-state index is -0.727. The highest BCUT2D eigenvalue weighted by Gasteiger charge is 2.33. The zero-order chi connectivity index (χ0) is 27.1. The van der Waals surface area contributed by atoms with E-state index in [4.69, 9.17) is 52.1 Å². The van der Waals surface area contributed by atoms with Gasteiger partial charge in [0.15, 0.2) is 5.78 Å². The van der Waals surface area contributed by atoms with Crippen LogP contribution in [0.1, 0.15) is 37.3 Å². The highest BCUT2D eigenvalue weighted by Crippen LogP contribution is 2.28. The van der Waals surface area contributed by atoms with E-state index < -0.39 is 6.04 Å². The second-order valence-corrected chi connectivity index (χ2v) is 10.4. The van der Waals surface area contributed by atoms with Crippen LogP contribution >= 0.6 is 58.8 Å². The average molecular weight is 620 g/mol. The zero-order valence-corrected chi connectivity index (χ0v) is 24.4. The maximum absolute atomic E-state index is 13.6. The van der Waals surface area contributed by atoms with Gasteiger partial charge < -0.3 is 16.0 Å². The van der Waals surface area contributed by atoms with E-state index in [1.54, 1.807) is 53.5 Å². The van der Waals surface area contributed by atoms with Crippen molar-refractivity contribution in [3.05, 3.63) is 78.8 Å². The predicted molar refractivity (Wildman–Crippen MR) is 158 cm³/mol. The van der Waals surface area contributed by atoms with E-state index >= 15 is 0 Å². The van der Waals surface area contributed by atoms with Gasteiger partial charge in [-0.15, -0.1) is 12.4 Å². The summed E-state index contributed by atoms with van der Waals surface area (Å²) >= 11 is 24.4. The molecule has 1 atom stereocenters. The first kappa shape index (κ1) is 32.2. The van der Waals surface area contributed by atoms with Crippen LogP contribution in [-0.4, -0.2) is 48.2 Å². The van der Waals surface area contributed by atoms with Crippen LogP contribution in [0.4, 0.5) is 0 Å². The number of benzene rings is 2. The fraction of sp³-hybridized carbons (Fsp3) is 0.296. The van der Waals surface area contributed by atoms with Crippen molar-refractivity contribution in [3.63, 3.8) is 0 Å². The lowest BCUT2D eigenvalue weighted by atomic mass is 9.93. The van der Waals surface area contributed by atoms with Gasteiger partial charge in [-0.3, -0.25) is 14.4 Å². The second kappa shape index (κ2) is 14.9. The van der Waals surface area contributed by atoms with E-state index in [1.165, 1.54) is 6.92 Å². The Labute approximate surface area is 248 Å². The van der Waals surface area contributed by atoms with Crippen LogP contribution in [0.5, 0.6) is 0 Å². The Bertz CT molecular complexity index is 1190. The summed E-state index contributed by atoms with van der Waals surface area (Å²) in [6.45, 7) is 2.01. The minimum Gasteiger partial charge on any atom is -0.345 e. The van der Waals surface area contributed by atoms with E-state index in [1.807, 2.05) is 0 Å². The lowest BCUT2D eigenvalue weighted by Crippen LogP contribution is -2.51. The van der Waals surface area contributed by atoms with E-state index in [9.17, 15) is 14.4 Å². The highest BCUT2D eigenvalue weighted by molar-refractivity contribution is 6.42. The molecule has 0 spiro atoms. The van der Waals surface area contributed by atoms with E-state index in [-0.39, 0.29) is 43.1 Å². The SMILES string of the molecule is CC(=O)NC(CCCCN)C(=O)N1C/C(=C\c2ccc(Cl)c(Cl)c2)C(=O)/C(=C/c2ccc(Cl)c(Cl)c2)C1.Cl. The molecular weight excluding hydrogens is 592 g/mol. The van der Waals surface area contributed by atoms with Crippen molar-refractivity contribution in [2.45, 2.75) is 32.2 Å². The van der Waals surface area contributed by atoms with Crippen LogP contribution in [0.25, 0.3) is 12.2 Å². The summed E-state index contributed by atoms with van der Waals surface area (Å²) < 4.78 is 0. The summed E-state index contributed by atoms with van der Waals surface area (Å²) in [6.07, 6.45) is 5.23. The van der Waals surface area contributed by atoms with Crippen LogP contribution < -0.4 is 11.1 Å². The Hall–Kier alpha value is -2.06. The monoisotopic (exact) mass is 617 g/mol. The first-order valence-electron chi connectivity index (χ1n) is 11.7. The molecular formula is C27H28Cl5N3O3. The van der Waals surface area contributed by atoms with Gasteiger partial charge >= 0.3 is 0 Å². The van der Waals surface area contributed by atoms with Crippen molar-refractivity contribution in [2.75, 3.05) is 19.6 Å². The summed E-state index contributed by atoms with van der Waals surface area (Å²) in [4.78, 5) is 40.4. The maximum atomic E-state index is 13.6. The van der Waals surface area contributed by atoms with Gasteiger partial charge in [-0.2, -0.15) is 0 Å². The number of rotatable bonds is 8. The third kappa shape index (κ3) is 8.73. The molecule has 0 aliphatic carbocycles. The van der Waals surface area contributed by atoms with Crippen LogP contribution in [0.2, 0.25) is 20.1 Å².